The number of likely N-dealkylation sites (N-methyl/N-ethyl adjacent to an activating group) is 1. The minimum absolute atomic E-state index is 0.0594. The van der Waals surface area contributed by atoms with E-state index in [4.69, 9.17) is 9.47 Å². The van der Waals surface area contributed by atoms with Gasteiger partial charge in [0.25, 0.3) is 0 Å². The van der Waals surface area contributed by atoms with E-state index >= 15 is 0 Å². The first-order chi connectivity index (χ1) is 20.8. The highest BCUT2D eigenvalue weighted by molar-refractivity contribution is 6.02. The summed E-state index contributed by atoms with van der Waals surface area (Å²) in [5.74, 6) is -1.25. The summed E-state index contributed by atoms with van der Waals surface area (Å²) in [5, 5.41) is 6.27. The maximum Gasteiger partial charge on any atom is 0.246 e. The number of ether oxygens (including phenoxy) is 2. The number of likely N-dealkylation sites (tertiary alicyclic amines) is 1. The topological polar surface area (TPSA) is 100 Å². The zero-order chi connectivity index (χ0) is 30.1. The average molecular weight is 587 g/mol. The molecule has 2 saturated heterocycles. The third kappa shape index (κ3) is 5.56. The zero-order valence-corrected chi connectivity index (χ0v) is 25.2. The number of nitrogens with one attached hydrogen (secondary N) is 2. The zero-order valence-electron chi connectivity index (χ0n) is 25.2. The van der Waals surface area contributed by atoms with Gasteiger partial charge in [0.15, 0.2) is 0 Å². The summed E-state index contributed by atoms with van der Waals surface area (Å²) in [4.78, 5) is 46.0. The summed E-state index contributed by atoms with van der Waals surface area (Å²) in [6, 6.07) is 16.5. The van der Waals surface area contributed by atoms with Gasteiger partial charge >= 0.3 is 0 Å². The molecule has 0 aromatic heterocycles. The van der Waals surface area contributed by atoms with E-state index in [0.717, 1.165) is 25.8 Å². The van der Waals surface area contributed by atoms with Crippen molar-refractivity contribution in [3.8, 4) is 5.75 Å². The lowest BCUT2D eigenvalue weighted by Crippen LogP contribution is -2.58. The van der Waals surface area contributed by atoms with E-state index in [0.29, 0.717) is 30.4 Å². The van der Waals surface area contributed by atoms with Crippen molar-refractivity contribution in [2.45, 2.75) is 62.9 Å². The second-order valence-electron chi connectivity index (χ2n) is 12.6. The molecule has 1 saturated carbocycles. The summed E-state index contributed by atoms with van der Waals surface area (Å²) in [7, 11) is 3.58. The van der Waals surface area contributed by atoms with Crippen molar-refractivity contribution in [3.05, 3.63) is 72.3 Å². The fourth-order valence-electron chi connectivity index (χ4n) is 7.48. The standard InChI is InChI=1S/C34H42N4O5/c1-22-10-7-8-15-26(22)36-32(40)30-34-17-16-27(43-34)28(31(39)35-24-13-9-14-25(20-24)42-3)29(34)33(41)38(30)19-18-37(2)21-23-11-5-4-6-12-23/h4-6,9,11-14,16-17,20,22,26-30H,7-8,10,15,18-19,21H2,1-3H3,(H,35,39)(H,36,40)/t22-,26+,27+,28-,29+,30+,34+/m0/s1. The lowest BCUT2D eigenvalue weighted by molar-refractivity contribution is -0.141. The van der Waals surface area contributed by atoms with Crippen LogP contribution in [-0.2, 0) is 25.7 Å². The van der Waals surface area contributed by atoms with Crippen LogP contribution in [0.15, 0.2) is 66.7 Å². The Kier molecular flexibility index (Phi) is 8.29. The molecule has 6 rings (SSSR count). The van der Waals surface area contributed by atoms with Crippen LogP contribution in [0.25, 0.3) is 0 Å². The summed E-state index contributed by atoms with van der Waals surface area (Å²) >= 11 is 0. The quantitative estimate of drug-likeness (QED) is 0.413. The molecule has 2 aromatic carbocycles. The van der Waals surface area contributed by atoms with Crippen molar-refractivity contribution in [2.24, 2.45) is 17.8 Å². The number of carbonyl (C=O) groups excluding carboxylic acids is 3. The molecule has 0 radical (unpaired) electrons. The first-order valence-corrected chi connectivity index (χ1v) is 15.5. The third-order valence-electron chi connectivity index (χ3n) is 9.72. The number of nitrogens with zero attached hydrogens (tertiary/aromatic N) is 2. The predicted octanol–water partition coefficient (Wildman–Crippen LogP) is 3.61. The highest BCUT2D eigenvalue weighted by Gasteiger charge is 2.72. The fourth-order valence-corrected chi connectivity index (χ4v) is 7.48. The largest absolute Gasteiger partial charge is 0.497 e. The Bertz CT molecular complexity index is 1380. The highest BCUT2D eigenvalue weighted by Crippen LogP contribution is 2.55. The lowest BCUT2D eigenvalue weighted by atomic mass is 9.74. The van der Waals surface area contributed by atoms with E-state index in [1.807, 2.05) is 37.4 Å². The third-order valence-corrected chi connectivity index (χ3v) is 9.72. The molecule has 3 aliphatic heterocycles. The number of carbonyl (C=O) groups is 3. The van der Waals surface area contributed by atoms with Gasteiger partial charge < -0.3 is 29.9 Å². The van der Waals surface area contributed by atoms with Gasteiger partial charge in [0.1, 0.15) is 17.4 Å². The molecule has 3 amide bonds. The first-order valence-electron chi connectivity index (χ1n) is 15.5. The molecule has 4 aliphatic rings. The maximum atomic E-state index is 14.3. The smallest absolute Gasteiger partial charge is 0.246 e. The summed E-state index contributed by atoms with van der Waals surface area (Å²) < 4.78 is 11.8. The molecule has 3 fully saturated rings. The molecule has 43 heavy (non-hydrogen) atoms. The molecular formula is C34H42N4O5. The van der Waals surface area contributed by atoms with E-state index in [2.05, 4.69) is 34.6 Å². The number of methoxy groups -OCH3 is 1. The molecule has 7 atom stereocenters. The van der Waals surface area contributed by atoms with E-state index in [-0.39, 0.29) is 23.8 Å². The van der Waals surface area contributed by atoms with Crippen molar-refractivity contribution in [2.75, 3.05) is 32.6 Å². The Labute approximate surface area is 253 Å². The number of benzene rings is 2. The van der Waals surface area contributed by atoms with Gasteiger partial charge in [-0.25, -0.2) is 0 Å². The minimum atomic E-state index is -1.18. The van der Waals surface area contributed by atoms with Crippen LogP contribution in [0, 0.1) is 17.8 Å². The molecule has 2 N–H and O–H groups in total. The van der Waals surface area contributed by atoms with E-state index < -0.39 is 29.6 Å². The Morgan fingerprint density at radius 2 is 1.88 bits per heavy atom. The number of hydrogen-bond acceptors (Lipinski definition) is 6. The van der Waals surface area contributed by atoms with E-state index in [1.54, 1.807) is 36.3 Å². The van der Waals surface area contributed by atoms with Crippen LogP contribution in [0.3, 0.4) is 0 Å². The Morgan fingerprint density at radius 3 is 2.65 bits per heavy atom. The van der Waals surface area contributed by atoms with Gasteiger partial charge in [-0.2, -0.15) is 0 Å². The van der Waals surface area contributed by atoms with Gasteiger partial charge in [0.2, 0.25) is 17.7 Å². The highest BCUT2D eigenvalue weighted by atomic mass is 16.5. The molecule has 1 spiro atoms. The van der Waals surface area contributed by atoms with Gasteiger partial charge in [-0.3, -0.25) is 14.4 Å². The predicted molar refractivity (Wildman–Crippen MR) is 163 cm³/mol. The van der Waals surface area contributed by atoms with Crippen molar-refractivity contribution in [1.82, 2.24) is 15.1 Å². The van der Waals surface area contributed by atoms with Crippen LogP contribution in [0.5, 0.6) is 5.75 Å². The van der Waals surface area contributed by atoms with E-state index in [9.17, 15) is 14.4 Å². The van der Waals surface area contributed by atoms with Gasteiger partial charge in [-0.05, 0) is 43.5 Å². The second-order valence-corrected chi connectivity index (χ2v) is 12.6. The van der Waals surface area contributed by atoms with Gasteiger partial charge in [-0.1, -0.05) is 68.3 Å². The molecule has 9 heteroatoms. The fraction of sp³-hybridized carbons (Fsp3) is 0.500. The van der Waals surface area contributed by atoms with E-state index in [1.165, 1.54) is 12.0 Å². The van der Waals surface area contributed by atoms with Crippen LogP contribution in [0.2, 0.25) is 0 Å². The minimum Gasteiger partial charge on any atom is -0.497 e. The van der Waals surface area contributed by atoms with Crippen LogP contribution < -0.4 is 15.4 Å². The second kappa shape index (κ2) is 12.1. The van der Waals surface area contributed by atoms with Crippen molar-refractivity contribution < 1.29 is 23.9 Å². The maximum absolute atomic E-state index is 14.3. The lowest BCUT2D eigenvalue weighted by Gasteiger charge is -2.36. The Morgan fingerprint density at radius 1 is 1.09 bits per heavy atom. The van der Waals surface area contributed by atoms with Gasteiger partial charge in [0, 0.05) is 37.4 Å². The van der Waals surface area contributed by atoms with Crippen molar-refractivity contribution >= 4 is 23.4 Å². The summed E-state index contributed by atoms with van der Waals surface area (Å²) in [6.07, 6.45) is 7.39. The molecule has 3 heterocycles. The SMILES string of the molecule is COc1cccc(NC(=O)[C@H]2[C@H]3C=C[C@@]4(O3)[C@H]2C(=O)N(CCN(C)Cc2ccccc2)[C@@H]4C(=O)N[C@@H]2CCCC[C@@H]2C)c1. The number of rotatable bonds is 10. The van der Waals surface area contributed by atoms with Gasteiger partial charge in [0.05, 0.1) is 25.0 Å². The van der Waals surface area contributed by atoms with Crippen molar-refractivity contribution in [1.29, 1.82) is 0 Å². The molecule has 9 nitrogen and oxygen atoms in total. The molecule has 228 valence electrons. The number of fused-ring (bicyclic) bond motifs is 1. The molecule has 2 aromatic rings. The summed E-state index contributed by atoms with van der Waals surface area (Å²) in [6.45, 7) is 3.82. The van der Waals surface area contributed by atoms with Crippen LogP contribution >= 0.6 is 0 Å². The van der Waals surface area contributed by atoms with Crippen LogP contribution in [-0.4, -0.2) is 78.6 Å². The Hall–Kier alpha value is -3.69. The number of anilines is 1. The molecule has 1 aliphatic carbocycles. The average Bonchev–Trinajstić information content (AvgIpc) is 3.65. The van der Waals surface area contributed by atoms with Crippen molar-refractivity contribution in [3.63, 3.8) is 0 Å². The first kappa shape index (κ1) is 29.4. The summed E-state index contributed by atoms with van der Waals surface area (Å²) in [5.41, 5.74) is 0.571. The number of hydrogen-bond donors (Lipinski definition) is 2. The van der Waals surface area contributed by atoms with Crippen LogP contribution in [0.4, 0.5) is 5.69 Å². The monoisotopic (exact) mass is 586 g/mol. The Balaban J connectivity index is 1.25. The number of amides is 3. The molecule has 2 bridgehead atoms. The molecule has 0 unspecified atom stereocenters. The van der Waals surface area contributed by atoms with Crippen LogP contribution in [0.1, 0.15) is 38.2 Å². The van der Waals surface area contributed by atoms with Gasteiger partial charge in [-0.15, -0.1) is 0 Å². The normalized spacial score (nSPS) is 30.9. The molecular weight excluding hydrogens is 544 g/mol.